The van der Waals surface area contributed by atoms with Crippen LogP contribution in [0.4, 0.5) is 0 Å². The largest absolute Gasteiger partial charge is 0.459 e. The van der Waals surface area contributed by atoms with Crippen molar-refractivity contribution < 1.29 is 9.53 Å². The summed E-state index contributed by atoms with van der Waals surface area (Å²) in [6.45, 7) is 5.83. The molecule has 0 spiro atoms. The highest BCUT2D eigenvalue weighted by Gasteiger charge is 2.35. The van der Waals surface area contributed by atoms with Crippen molar-refractivity contribution in [2.75, 3.05) is 0 Å². The van der Waals surface area contributed by atoms with Crippen molar-refractivity contribution in [3.05, 3.63) is 12.7 Å². The summed E-state index contributed by atoms with van der Waals surface area (Å²) in [4.78, 5) is 11.4. The van der Waals surface area contributed by atoms with Crippen molar-refractivity contribution >= 4 is 5.97 Å². The highest BCUT2D eigenvalue weighted by atomic mass is 16.5. The van der Waals surface area contributed by atoms with Crippen LogP contribution in [0.25, 0.3) is 0 Å². The van der Waals surface area contributed by atoms with Gasteiger partial charge in [-0.1, -0.05) is 45.6 Å². The van der Waals surface area contributed by atoms with E-state index in [1.807, 2.05) is 0 Å². The summed E-state index contributed by atoms with van der Waals surface area (Å²) in [6.07, 6.45) is 22.3. The van der Waals surface area contributed by atoms with Crippen LogP contribution in [0.5, 0.6) is 0 Å². The molecule has 154 valence electrons. The standard InChI is InChI=1S/C25H42O2/c1-3-5-6-19-7-9-20(10-8-19)21-11-13-22(14-12-21)23-15-17-24(18-16-23)27-25(26)4-2/h4,19-24H,2-3,5-18H2,1H3. The Labute approximate surface area is 167 Å². The summed E-state index contributed by atoms with van der Waals surface area (Å²) in [7, 11) is 0. The zero-order valence-electron chi connectivity index (χ0n) is 17.7. The quantitative estimate of drug-likeness (QED) is 0.351. The molecule has 0 heterocycles. The summed E-state index contributed by atoms with van der Waals surface area (Å²) in [6, 6.07) is 0. The number of ether oxygens (including phenoxy) is 1. The lowest BCUT2D eigenvalue weighted by Crippen LogP contribution is -2.31. The van der Waals surface area contributed by atoms with Gasteiger partial charge < -0.3 is 4.74 Å². The first kappa shape index (κ1) is 20.9. The first-order chi connectivity index (χ1) is 13.2. The molecule has 0 aromatic carbocycles. The van der Waals surface area contributed by atoms with Crippen LogP contribution < -0.4 is 0 Å². The third kappa shape index (κ3) is 6.09. The first-order valence-electron chi connectivity index (χ1n) is 12.0. The third-order valence-corrected chi connectivity index (χ3v) is 8.18. The summed E-state index contributed by atoms with van der Waals surface area (Å²) in [5.41, 5.74) is 0. The molecule has 3 rings (SSSR count). The van der Waals surface area contributed by atoms with Gasteiger partial charge in [-0.2, -0.15) is 0 Å². The van der Waals surface area contributed by atoms with Crippen LogP contribution in [0.15, 0.2) is 12.7 Å². The van der Waals surface area contributed by atoms with E-state index >= 15 is 0 Å². The van der Waals surface area contributed by atoms with E-state index in [1.54, 1.807) is 0 Å². The molecule has 2 nitrogen and oxygen atoms in total. The average Bonchev–Trinajstić information content (AvgIpc) is 2.73. The SMILES string of the molecule is C=CC(=O)OC1CCC(C2CCC(C3CCC(CCCC)CC3)CC2)CC1. The summed E-state index contributed by atoms with van der Waals surface area (Å²) >= 11 is 0. The van der Waals surface area contributed by atoms with Crippen LogP contribution in [0.1, 0.15) is 103 Å². The molecule has 27 heavy (non-hydrogen) atoms. The second kappa shape index (κ2) is 10.7. The smallest absolute Gasteiger partial charge is 0.330 e. The van der Waals surface area contributed by atoms with Gasteiger partial charge >= 0.3 is 5.97 Å². The number of esters is 1. The summed E-state index contributed by atoms with van der Waals surface area (Å²) in [5, 5.41) is 0. The number of unbranched alkanes of at least 4 members (excludes halogenated alkanes) is 1. The predicted octanol–water partition coefficient (Wildman–Crippen LogP) is 7.08. The fourth-order valence-corrected chi connectivity index (χ4v) is 6.42. The van der Waals surface area contributed by atoms with Gasteiger partial charge in [-0.15, -0.1) is 0 Å². The maximum atomic E-state index is 11.4. The molecule has 3 aliphatic carbocycles. The molecule has 0 aromatic heterocycles. The Morgan fingerprint density at radius 1 is 0.815 bits per heavy atom. The minimum Gasteiger partial charge on any atom is -0.459 e. The Morgan fingerprint density at radius 2 is 1.26 bits per heavy atom. The number of hydrogen-bond acceptors (Lipinski definition) is 2. The Kier molecular flexibility index (Phi) is 8.27. The van der Waals surface area contributed by atoms with Gasteiger partial charge in [0.25, 0.3) is 0 Å². The first-order valence-corrected chi connectivity index (χ1v) is 12.0. The average molecular weight is 375 g/mol. The van der Waals surface area contributed by atoms with Gasteiger partial charge in [-0.25, -0.2) is 4.79 Å². The fraction of sp³-hybridized carbons (Fsp3) is 0.880. The van der Waals surface area contributed by atoms with Crippen LogP contribution in [0, 0.1) is 29.6 Å². The number of carbonyl (C=O) groups is 1. The van der Waals surface area contributed by atoms with E-state index in [0.29, 0.717) is 0 Å². The van der Waals surface area contributed by atoms with Gasteiger partial charge in [-0.05, 0) is 93.8 Å². The van der Waals surface area contributed by atoms with E-state index in [9.17, 15) is 4.79 Å². The normalized spacial score (nSPS) is 37.5. The molecule has 0 saturated heterocycles. The minimum absolute atomic E-state index is 0.144. The van der Waals surface area contributed by atoms with Crippen molar-refractivity contribution in [2.24, 2.45) is 29.6 Å². The van der Waals surface area contributed by atoms with Crippen molar-refractivity contribution in [1.29, 1.82) is 0 Å². The van der Waals surface area contributed by atoms with Crippen LogP contribution in [0.3, 0.4) is 0 Å². The van der Waals surface area contributed by atoms with Gasteiger partial charge in [-0.3, -0.25) is 0 Å². The van der Waals surface area contributed by atoms with Gasteiger partial charge in [0.05, 0.1) is 0 Å². The molecule has 3 aliphatic rings. The van der Waals surface area contributed by atoms with Crippen LogP contribution >= 0.6 is 0 Å². The van der Waals surface area contributed by atoms with Crippen molar-refractivity contribution in [3.63, 3.8) is 0 Å². The molecule has 2 heteroatoms. The maximum Gasteiger partial charge on any atom is 0.330 e. The van der Waals surface area contributed by atoms with Gasteiger partial charge in [0, 0.05) is 6.08 Å². The molecule has 0 N–H and O–H groups in total. The molecule has 0 radical (unpaired) electrons. The van der Waals surface area contributed by atoms with Crippen LogP contribution in [-0.2, 0) is 9.53 Å². The Hall–Kier alpha value is -0.790. The van der Waals surface area contributed by atoms with E-state index in [1.165, 1.54) is 89.5 Å². The van der Waals surface area contributed by atoms with E-state index in [0.717, 1.165) is 42.4 Å². The fourth-order valence-electron chi connectivity index (χ4n) is 6.42. The molecular weight excluding hydrogens is 332 g/mol. The molecule has 0 bridgehead atoms. The second-order valence-corrected chi connectivity index (χ2v) is 9.78. The molecular formula is C25H42O2. The molecule has 3 fully saturated rings. The maximum absolute atomic E-state index is 11.4. The lowest BCUT2D eigenvalue weighted by molar-refractivity contribution is -0.145. The Morgan fingerprint density at radius 3 is 1.70 bits per heavy atom. The zero-order valence-corrected chi connectivity index (χ0v) is 17.7. The molecule has 0 aliphatic heterocycles. The number of hydrogen-bond donors (Lipinski definition) is 0. The number of carbonyl (C=O) groups excluding carboxylic acids is 1. The lowest BCUT2D eigenvalue weighted by atomic mass is 9.65. The van der Waals surface area contributed by atoms with Gasteiger partial charge in [0.1, 0.15) is 6.10 Å². The summed E-state index contributed by atoms with van der Waals surface area (Å²) < 4.78 is 5.45. The second-order valence-electron chi connectivity index (χ2n) is 9.78. The predicted molar refractivity (Wildman–Crippen MR) is 112 cm³/mol. The molecule has 0 amide bonds. The topological polar surface area (TPSA) is 26.3 Å². The third-order valence-electron chi connectivity index (χ3n) is 8.18. The summed E-state index contributed by atoms with van der Waals surface area (Å²) in [5.74, 6) is 4.69. The zero-order chi connectivity index (χ0) is 19.1. The van der Waals surface area contributed by atoms with E-state index < -0.39 is 0 Å². The molecule has 3 saturated carbocycles. The van der Waals surface area contributed by atoms with Crippen molar-refractivity contribution in [3.8, 4) is 0 Å². The van der Waals surface area contributed by atoms with Crippen LogP contribution in [0.2, 0.25) is 0 Å². The van der Waals surface area contributed by atoms with Gasteiger partial charge in [0.2, 0.25) is 0 Å². The van der Waals surface area contributed by atoms with Crippen molar-refractivity contribution in [1.82, 2.24) is 0 Å². The van der Waals surface area contributed by atoms with E-state index in [2.05, 4.69) is 13.5 Å². The lowest BCUT2D eigenvalue weighted by Gasteiger charge is -2.41. The molecule has 0 aromatic rings. The van der Waals surface area contributed by atoms with Gasteiger partial charge in [0.15, 0.2) is 0 Å². The molecule has 0 unspecified atom stereocenters. The monoisotopic (exact) mass is 374 g/mol. The van der Waals surface area contributed by atoms with E-state index in [-0.39, 0.29) is 12.1 Å². The highest BCUT2D eigenvalue weighted by molar-refractivity contribution is 5.81. The minimum atomic E-state index is -0.247. The van der Waals surface area contributed by atoms with Crippen molar-refractivity contribution in [2.45, 2.75) is 109 Å². The molecule has 0 atom stereocenters. The number of rotatable bonds is 7. The van der Waals surface area contributed by atoms with Crippen LogP contribution in [-0.4, -0.2) is 12.1 Å². The van der Waals surface area contributed by atoms with E-state index in [4.69, 9.17) is 4.74 Å². The Balaban J connectivity index is 1.34. The highest BCUT2D eigenvalue weighted by Crippen LogP contribution is 2.45. The Bertz CT molecular complexity index is 447.